The van der Waals surface area contributed by atoms with Gasteiger partial charge < -0.3 is 23.6 Å². The number of anilines is 1. The minimum Gasteiger partial charge on any atom is -0.477 e. The first kappa shape index (κ1) is 22.6. The van der Waals surface area contributed by atoms with Gasteiger partial charge in [-0.25, -0.2) is 9.59 Å². The molecule has 0 spiro atoms. The number of pyridine rings is 1. The highest BCUT2D eigenvalue weighted by Crippen LogP contribution is 2.38. The maximum absolute atomic E-state index is 12.6. The number of H-pyrrole nitrogens is 1. The van der Waals surface area contributed by atoms with Gasteiger partial charge in [0.05, 0.1) is 0 Å². The molecule has 0 atom stereocenters. The van der Waals surface area contributed by atoms with Crippen LogP contribution in [0.1, 0.15) is 10.5 Å². The zero-order valence-corrected chi connectivity index (χ0v) is 18.4. The van der Waals surface area contributed by atoms with E-state index in [2.05, 4.69) is 14.5 Å². The van der Waals surface area contributed by atoms with Crippen molar-refractivity contribution in [2.75, 3.05) is 5.32 Å². The van der Waals surface area contributed by atoms with E-state index in [0.717, 1.165) is 0 Å². The molecule has 2 heterocycles. The summed E-state index contributed by atoms with van der Waals surface area (Å²) in [7, 11) is -1.89. The van der Waals surface area contributed by atoms with Crippen molar-refractivity contribution in [3.63, 3.8) is 0 Å². The van der Waals surface area contributed by atoms with Gasteiger partial charge in [-0.15, -0.1) is 0 Å². The lowest BCUT2D eigenvalue weighted by molar-refractivity contribution is 0.0691. The molecular weight excluding hydrogens is 466 g/mol. The number of carboxylic acid groups (broad SMARTS) is 1. The number of aryl methyl sites for hydroxylation is 1. The Labute approximate surface area is 193 Å². The van der Waals surface area contributed by atoms with Crippen LogP contribution >= 0.6 is 0 Å². The van der Waals surface area contributed by atoms with Crippen LogP contribution in [-0.4, -0.2) is 35.1 Å². The first-order chi connectivity index (χ1) is 16.2. The SMILES string of the molecule is Cn1cc(-c2cc(NC(=O)O[SH](=O)=O)ccc2Oc2ccccc2)c2cc(C(=O)O)[nH]c2c1=O. The topological polar surface area (TPSA) is 157 Å². The molecule has 34 heavy (non-hydrogen) atoms. The second-order valence-electron chi connectivity index (χ2n) is 7.09. The number of aromatic nitrogens is 2. The maximum Gasteiger partial charge on any atom is 0.427 e. The molecule has 0 aliphatic rings. The highest BCUT2D eigenvalue weighted by Gasteiger charge is 2.19. The van der Waals surface area contributed by atoms with Gasteiger partial charge in [0.2, 0.25) is 0 Å². The fourth-order valence-corrected chi connectivity index (χ4v) is 3.58. The second kappa shape index (κ2) is 9.11. The molecule has 0 bridgehead atoms. The quantitative estimate of drug-likeness (QED) is 0.305. The summed E-state index contributed by atoms with van der Waals surface area (Å²) in [4.78, 5) is 38.5. The molecule has 0 radical (unpaired) electrons. The van der Waals surface area contributed by atoms with Gasteiger partial charge in [-0.3, -0.25) is 10.1 Å². The van der Waals surface area contributed by atoms with Crippen molar-refractivity contribution >= 4 is 39.6 Å². The molecule has 174 valence electrons. The molecule has 0 aliphatic carbocycles. The Kier molecular flexibility index (Phi) is 6.06. The van der Waals surface area contributed by atoms with Gasteiger partial charge in [0.25, 0.3) is 5.56 Å². The van der Waals surface area contributed by atoms with Gasteiger partial charge in [-0.05, 0) is 36.4 Å². The summed E-state index contributed by atoms with van der Waals surface area (Å²) in [6.45, 7) is 0. The van der Waals surface area contributed by atoms with E-state index >= 15 is 0 Å². The minimum atomic E-state index is -3.40. The molecule has 4 rings (SSSR count). The predicted octanol–water partition coefficient (Wildman–Crippen LogP) is 3.10. The Morgan fingerprint density at radius 3 is 2.47 bits per heavy atom. The van der Waals surface area contributed by atoms with Gasteiger partial charge >= 0.3 is 23.0 Å². The van der Waals surface area contributed by atoms with Crippen LogP contribution in [0.25, 0.3) is 22.0 Å². The van der Waals surface area contributed by atoms with Gasteiger partial charge in [-0.1, -0.05) is 18.2 Å². The number of benzene rings is 2. The number of carboxylic acids is 1. The normalized spacial score (nSPS) is 10.9. The Morgan fingerprint density at radius 2 is 1.79 bits per heavy atom. The number of amides is 1. The van der Waals surface area contributed by atoms with Crippen LogP contribution in [0, 0.1) is 0 Å². The van der Waals surface area contributed by atoms with E-state index in [1.54, 1.807) is 24.3 Å². The van der Waals surface area contributed by atoms with Crippen LogP contribution in [0.3, 0.4) is 0 Å². The molecule has 1 amide bonds. The summed E-state index contributed by atoms with van der Waals surface area (Å²) >= 11 is 0. The number of hydrogen-bond donors (Lipinski definition) is 4. The third-order valence-corrected chi connectivity index (χ3v) is 5.15. The Morgan fingerprint density at radius 1 is 1.06 bits per heavy atom. The van der Waals surface area contributed by atoms with Gasteiger partial charge in [-0.2, -0.15) is 8.42 Å². The van der Waals surface area contributed by atoms with Crippen LogP contribution in [0.15, 0.2) is 65.6 Å². The van der Waals surface area contributed by atoms with Gasteiger partial charge in [0.1, 0.15) is 22.7 Å². The molecule has 0 saturated heterocycles. The summed E-state index contributed by atoms with van der Waals surface area (Å²) in [5, 5.41) is 12.0. The molecule has 12 heteroatoms. The molecule has 0 fully saturated rings. The van der Waals surface area contributed by atoms with Crippen molar-refractivity contribution in [3.05, 3.63) is 76.8 Å². The Bertz CT molecular complexity index is 1550. The van der Waals surface area contributed by atoms with E-state index < -0.39 is 28.6 Å². The molecule has 0 aliphatic heterocycles. The highest BCUT2D eigenvalue weighted by molar-refractivity contribution is 7.67. The van der Waals surface area contributed by atoms with Gasteiger partial charge in [0, 0.05) is 35.4 Å². The lowest BCUT2D eigenvalue weighted by Gasteiger charge is -2.15. The molecule has 4 aromatic rings. The molecule has 2 aromatic heterocycles. The van der Waals surface area contributed by atoms with Crippen LogP contribution in [-0.2, 0) is 22.2 Å². The number of aromatic carboxylic acids is 1. The van der Waals surface area contributed by atoms with Crippen molar-refractivity contribution in [1.29, 1.82) is 0 Å². The summed E-state index contributed by atoms with van der Waals surface area (Å²) in [5.41, 5.74) is 0.455. The van der Waals surface area contributed by atoms with Crippen LogP contribution < -0.4 is 15.6 Å². The van der Waals surface area contributed by atoms with E-state index in [1.165, 1.54) is 42.1 Å². The van der Waals surface area contributed by atoms with Crippen molar-refractivity contribution in [2.45, 2.75) is 0 Å². The fourth-order valence-electron chi connectivity index (χ4n) is 3.39. The van der Waals surface area contributed by atoms with E-state index in [-0.39, 0.29) is 16.9 Å². The zero-order chi connectivity index (χ0) is 24.4. The van der Waals surface area contributed by atoms with Crippen molar-refractivity contribution < 1.29 is 32.0 Å². The Hall–Kier alpha value is -4.58. The number of hydrogen-bond acceptors (Lipinski definition) is 7. The number of aromatic amines is 1. The summed E-state index contributed by atoms with van der Waals surface area (Å²) in [6, 6.07) is 14.7. The lowest BCUT2D eigenvalue weighted by Crippen LogP contribution is -2.17. The lowest BCUT2D eigenvalue weighted by atomic mass is 10.0. The van der Waals surface area contributed by atoms with Gasteiger partial charge in [0.15, 0.2) is 0 Å². The van der Waals surface area contributed by atoms with Crippen molar-refractivity contribution in [3.8, 4) is 22.6 Å². The van der Waals surface area contributed by atoms with E-state index in [9.17, 15) is 27.9 Å². The average molecular weight is 483 g/mol. The molecule has 2 aromatic carbocycles. The standard InChI is InChI=1S/C22H17N3O8S/c1-25-11-16(15-10-17(21(27)28)24-19(15)20(25)26)14-9-12(23-22(29)33-34(30)31)7-8-18(14)32-13-5-3-2-4-6-13/h2-11,24,34H,1H3,(H,23,29)(H,27,28). The summed E-state index contributed by atoms with van der Waals surface area (Å²) < 4.78 is 32.7. The number of thiol groups is 1. The van der Waals surface area contributed by atoms with Crippen molar-refractivity contribution in [2.24, 2.45) is 7.05 Å². The number of ether oxygens (including phenoxy) is 1. The molecule has 11 nitrogen and oxygen atoms in total. The van der Waals surface area contributed by atoms with E-state index in [1.807, 2.05) is 6.07 Å². The molecular formula is C22H17N3O8S. The number of rotatable bonds is 6. The monoisotopic (exact) mass is 483 g/mol. The summed E-state index contributed by atoms with van der Waals surface area (Å²) in [5.74, 6) is -0.401. The van der Waals surface area contributed by atoms with Crippen LogP contribution in [0.4, 0.5) is 10.5 Å². The van der Waals surface area contributed by atoms with E-state index in [4.69, 9.17) is 4.74 Å². The third kappa shape index (κ3) is 4.61. The van der Waals surface area contributed by atoms with E-state index in [0.29, 0.717) is 28.0 Å². The number of carbonyl (C=O) groups excluding carboxylic acids is 1. The minimum absolute atomic E-state index is 0.0733. The molecule has 3 N–H and O–H groups in total. The third-order valence-electron chi connectivity index (χ3n) is 4.84. The Balaban J connectivity index is 1.92. The first-order valence-electron chi connectivity index (χ1n) is 9.69. The smallest absolute Gasteiger partial charge is 0.427 e. The number of fused-ring (bicyclic) bond motifs is 1. The molecule has 0 saturated carbocycles. The maximum atomic E-state index is 12.6. The largest absolute Gasteiger partial charge is 0.477 e. The van der Waals surface area contributed by atoms with Crippen LogP contribution in [0.2, 0.25) is 0 Å². The van der Waals surface area contributed by atoms with Crippen LogP contribution in [0.5, 0.6) is 11.5 Å². The summed E-state index contributed by atoms with van der Waals surface area (Å²) in [6.07, 6.45) is 0.299. The predicted molar refractivity (Wildman–Crippen MR) is 123 cm³/mol. The number of nitrogens with zero attached hydrogens (tertiary/aromatic N) is 1. The highest BCUT2D eigenvalue weighted by atomic mass is 32.2. The number of carbonyl (C=O) groups is 2. The second-order valence-corrected chi connectivity index (χ2v) is 7.72. The number of nitrogens with one attached hydrogen (secondary N) is 2. The zero-order valence-electron chi connectivity index (χ0n) is 17.5. The average Bonchev–Trinajstić information content (AvgIpc) is 3.24. The van der Waals surface area contributed by atoms with Crippen molar-refractivity contribution in [1.82, 2.24) is 9.55 Å². The first-order valence-corrected chi connectivity index (χ1v) is 10.8. The molecule has 0 unspecified atom stereocenters. The fraction of sp³-hybridized carbons (Fsp3) is 0.0455. The number of para-hydroxylation sites is 1.